The van der Waals surface area contributed by atoms with Crippen LogP contribution in [-0.2, 0) is 37.4 Å². The number of rotatable bonds is 24. The third-order valence-electron chi connectivity index (χ3n) is 17.0. The Morgan fingerprint density at radius 1 is 0.213 bits per heavy atom. The molecule has 0 aliphatic heterocycles. The molecule has 0 heterocycles. The summed E-state index contributed by atoms with van der Waals surface area (Å²) in [5, 5.41) is 0. The van der Waals surface area contributed by atoms with Gasteiger partial charge in [0, 0.05) is 28.6 Å². The lowest BCUT2D eigenvalue weighted by Gasteiger charge is -2.14. The largest absolute Gasteiger partial charge is 0.490 e. The fraction of sp³-hybridized carbons (Fsp3) is 0.0215. The third kappa shape index (κ3) is 28.0. The average molecular weight is 3680 g/mol. The smallest absolute Gasteiger partial charge is 0.340 e. The van der Waals surface area contributed by atoms with Gasteiger partial charge in [0.25, 0.3) is 0 Å². The molecule has 616 valence electrons. The molecular formula is C93H55I18O8S3+3. The fourth-order valence-corrected chi connectivity index (χ4v) is 39.1. The zero-order valence-corrected chi connectivity index (χ0v) is 103. The lowest BCUT2D eigenvalue weighted by molar-refractivity contribution is 0.0447. The molecule has 0 saturated carbocycles. The second kappa shape index (κ2) is 49.3. The van der Waals surface area contributed by atoms with Gasteiger partial charge in [0.1, 0.15) is 47.7 Å². The van der Waals surface area contributed by atoms with E-state index in [1.807, 2.05) is 36.4 Å². The number of hydrogen-bond donors (Lipinski definition) is 0. The van der Waals surface area contributed by atoms with Crippen molar-refractivity contribution in [3.8, 4) is 63.2 Å². The van der Waals surface area contributed by atoms with Gasteiger partial charge in [0.05, 0.1) is 74.0 Å². The molecule has 0 aliphatic carbocycles. The molecule has 0 N–H and O–H groups in total. The van der Waals surface area contributed by atoms with Gasteiger partial charge in [-0.1, -0.05) is 54.6 Å². The summed E-state index contributed by atoms with van der Waals surface area (Å²) >= 11 is 41.7. The molecule has 0 radical (unpaired) electrons. The fourth-order valence-electron chi connectivity index (χ4n) is 11.6. The molecule has 8 nitrogen and oxygen atoms in total. The van der Waals surface area contributed by atoms with Crippen LogP contribution < -0.4 is 28.4 Å². The molecule has 0 aromatic heterocycles. The monoisotopic (exact) mass is 3680 g/mol. The summed E-state index contributed by atoms with van der Waals surface area (Å²) in [5.41, 5.74) is 0.617. The molecule has 0 bridgehead atoms. The van der Waals surface area contributed by atoms with Gasteiger partial charge >= 0.3 is 5.97 Å². The van der Waals surface area contributed by atoms with Crippen molar-refractivity contribution in [3.63, 3.8) is 0 Å². The zero-order chi connectivity index (χ0) is 86.3. The van der Waals surface area contributed by atoms with E-state index in [0.717, 1.165) is 110 Å². The van der Waals surface area contributed by atoms with E-state index in [4.69, 9.17) is 33.2 Å². The Morgan fingerprint density at radius 3 is 0.631 bits per heavy atom. The summed E-state index contributed by atoms with van der Waals surface area (Å²) in [5.74, 6) is 8.97. The van der Waals surface area contributed by atoms with Gasteiger partial charge in [-0.25, -0.2) is 4.79 Å². The summed E-state index contributed by atoms with van der Waals surface area (Å²) in [6.45, 7) is 0.488. The zero-order valence-electron chi connectivity index (χ0n) is 62.2. The molecule has 29 heteroatoms. The molecule has 15 aromatic carbocycles. The highest BCUT2D eigenvalue weighted by molar-refractivity contribution is 14.1. The highest BCUT2D eigenvalue weighted by Crippen LogP contribution is 2.44. The number of carbonyl (C=O) groups is 1. The van der Waals surface area contributed by atoms with Crippen LogP contribution in [0.1, 0.15) is 10.4 Å². The van der Waals surface area contributed by atoms with Crippen molar-refractivity contribution in [3.05, 3.63) is 379 Å². The van der Waals surface area contributed by atoms with Crippen LogP contribution in [0, 0.1) is 64.3 Å². The normalized spacial score (nSPS) is 11.0. The first kappa shape index (κ1) is 100. The quantitative estimate of drug-likeness (QED) is 0.0195. The first-order chi connectivity index (χ1) is 58.8. The van der Waals surface area contributed by atoms with E-state index in [1.165, 1.54) is 61.9 Å². The Bertz CT molecular complexity index is 5680. The van der Waals surface area contributed by atoms with Crippen LogP contribution in [0.25, 0.3) is 0 Å². The number of carbonyl (C=O) groups excluding carboxylic acids is 1. The molecule has 15 rings (SSSR count). The van der Waals surface area contributed by atoms with Crippen molar-refractivity contribution >= 4 is 445 Å². The van der Waals surface area contributed by atoms with E-state index in [1.54, 1.807) is 0 Å². The van der Waals surface area contributed by atoms with Crippen molar-refractivity contribution in [2.45, 2.75) is 44.1 Å². The maximum absolute atomic E-state index is 12.5. The molecule has 0 spiro atoms. The number of hydrogen-bond acceptors (Lipinski definition) is 8. The minimum Gasteiger partial charge on any atom is -0.490 e. The van der Waals surface area contributed by atoms with Gasteiger partial charge in [-0.3, -0.25) is 0 Å². The summed E-state index contributed by atoms with van der Waals surface area (Å²) in [4.78, 5) is 23.6. The molecule has 0 atom stereocenters. The lowest BCUT2D eigenvalue weighted by atomic mass is 10.2. The summed E-state index contributed by atoms with van der Waals surface area (Å²) in [6.07, 6.45) is 0. The summed E-state index contributed by atoms with van der Waals surface area (Å²) < 4.78 is 62.9. The second-order valence-corrected chi connectivity index (χ2v) is 52.7. The molecule has 0 amide bonds. The van der Waals surface area contributed by atoms with E-state index in [2.05, 4.69) is 680 Å². The van der Waals surface area contributed by atoms with Crippen molar-refractivity contribution in [1.29, 1.82) is 0 Å². The molecule has 0 saturated heterocycles. The van der Waals surface area contributed by atoms with Gasteiger partial charge in [0.15, 0.2) is 72.8 Å². The van der Waals surface area contributed by atoms with E-state index < -0.39 is 10.9 Å². The van der Waals surface area contributed by atoms with Gasteiger partial charge in [-0.2, -0.15) is 0 Å². The highest BCUT2D eigenvalue weighted by atomic mass is 127. The molecular weight excluding hydrogens is 3630 g/mol. The maximum Gasteiger partial charge on any atom is 0.340 e. The predicted molar refractivity (Wildman–Crippen MR) is 648 cm³/mol. The first-order valence-electron chi connectivity index (χ1n) is 35.8. The van der Waals surface area contributed by atoms with E-state index in [9.17, 15) is 4.79 Å². The van der Waals surface area contributed by atoms with Crippen LogP contribution in [0.5, 0.6) is 63.2 Å². The maximum atomic E-state index is 12.5. The van der Waals surface area contributed by atoms with Crippen LogP contribution >= 0.6 is 407 Å². The molecule has 15 aromatic rings. The van der Waals surface area contributed by atoms with Crippen molar-refractivity contribution in [2.75, 3.05) is 13.2 Å². The SMILES string of the molecule is Ic1cc(I)c(Oc2ccc([S+](c3ccc(Oc4c(I)cc(I)cc4I)cc3)c3ccc(Oc4c(I)cc(I)cc4I)cc3)cc2)c(I)c1.Ic1cc(I)c(Oc2ccc([S+](c3ccccc3)c3ccc(Oc4c(I)cc(I)cc4I)cc3)cc2)c(I)c1.O=C(OCCOc1ccc([S+](c2ccccc2)c2ccccc2)cc1)c1c(I)ccc(I)c1I. The Labute approximate surface area is 963 Å². The molecule has 0 aliphatic rings. The highest BCUT2D eigenvalue weighted by Gasteiger charge is 2.33. The molecule has 0 fully saturated rings. The Morgan fingerprint density at radius 2 is 0.410 bits per heavy atom. The third-order valence-corrected chi connectivity index (χ3v) is 38.8. The van der Waals surface area contributed by atoms with Crippen LogP contribution in [-0.4, -0.2) is 19.2 Å². The molecule has 122 heavy (non-hydrogen) atoms. The Balaban J connectivity index is 0.000000161. The first-order valence-corrected chi connectivity index (χ1v) is 58.9. The van der Waals surface area contributed by atoms with Crippen molar-refractivity contribution < 1.29 is 38.0 Å². The van der Waals surface area contributed by atoms with Crippen LogP contribution in [0.3, 0.4) is 0 Å². The molecule has 0 unspecified atom stereocenters. The second-order valence-electron chi connectivity index (χ2n) is 25.4. The van der Waals surface area contributed by atoms with E-state index in [-0.39, 0.29) is 34.4 Å². The standard InChI is InChI=1S/C36H18I9O3S.C30H17I6O2S.C27H20I3O3S/c37-19-13-28(40)34(29(41)14-19)46-22-1-7-25(8-2-22)49(26-9-3-23(4-10-26)47-35-30(42)15-20(38)16-31(35)43)27-11-5-24(6-12-27)48-36-32(44)17-21(39)18-33(36)45;31-18-14-25(33)29(26(34)15-18)37-20-6-10-23(11-7-20)39(22-4-2-1-3-5-22)24-12-8-21(9-13-24)38-30-27(35)16-19(32)17-28(30)36;28-23-15-16-24(29)26(30)25(23)27(31)33-18-17-32-19-11-13-22(14-12-19)34(20-7-3-1-4-8-20)21-9-5-2-6-10-21/h1-18H;1-17H;1-16H,17-18H2/q3*+1. The number of esters is 1. The lowest BCUT2D eigenvalue weighted by Crippen LogP contribution is -2.15. The predicted octanol–water partition coefficient (Wildman–Crippen LogP) is 35.4. The van der Waals surface area contributed by atoms with Gasteiger partial charge < -0.3 is 33.2 Å². The van der Waals surface area contributed by atoms with E-state index in [0.29, 0.717) is 12.2 Å². The van der Waals surface area contributed by atoms with Gasteiger partial charge in [0.2, 0.25) is 0 Å². The topological polar surface area (TPSA) is 81.7 Å². The minimum absolute atomic E-state index is 0.191. The number of halogens is 18. The van der Waals surface area contributed by atoms with Crippen LogP contribution in [0.4, 0.5) is 0 Å². The number of benzene rings is 15. The summed E-state index contributed by atoms with van der Waals surface area (Å²) in [6, 6.07) is 108. The van der Waals surface area contributed by atoms with Gasteiger partial charge in [-0.05, 0) is 661 Å². The minimum atomic E-state index is -0.393. The Hall–Kier alpha value is 0.760. The number of ether oxygens (including phenoxy) is 7. The summed E-state index contributed by atoms with van der Waals surface area (Å²) in [7, 11) is -0.851. The van der Waals surface area contributed by atoms with Crippen molar-refractivity contribution in [2.24, 2.45) is 0 Å². The average Bonchev–Trinajstić information content (AvgIpc) is 0.784. The van der Waals surface area contributed by atoms with Crippen LogP contribution in [0.2, 0.25) is 0 Å². The van der Waals surface area contributed by atoms with Crippen molar-refractivity contribution in [1.82, 2.24) is 0 Å². The van der Waals surface area contributed by atoms with Gasteiger partial charge in [-0.15, -0.1) is 0 Å². The van der Waals surface area contributed by atoms with Crippen LogP contribution in [0.15, 0.2) is 353 Å². The Kier molecular flexibility index (Phi) is 40.5. The van der Waals surface area contributed by atoms with E-state index >= 15 is 0 Å².